The second kappa shape index (κ2) is 4.33. The van der Waals surface area contributed by atoms with Crippen LogP contribution in [0.15, 0.2) is 12.1 Å². The van der Waals surface area contributed by atoms with Crippen LogP contribution in [-0.4, -0.2) is 28.2 Å². The summed E-state index contributed by atoms with van der Waals surface area (Å²) in [7, 11) is 0. The molecule has 5 heteroatoms. The van der Waals surface area contributed by atoms with Gasteiger partial charge in [-0.1, -0.05) is 6.07 Å². The molecule has 0 atom stereocenters. The number of carboxylic acids is 1. The number of rotatable bonds is 3. The minimum absolute atomic E-state index is 0.498. The van der Waals surface area contributed by atoms with E-state index < -0.39 is 11.5 Å². The predicted molar refractivity (Wildman–Crippen MR) is 62.9 cm³/mol. The monoisotopic (exact) mass is 236 g/mol. The molecule has 1 aliphatic heterocycles. The number of hydrogen-bond donors (Lipinski definition) is 2. The van der Waals surface area contributed by atoms with Gasteiger partial charge in [0.2, 0.25) is 0 Å². The van der Waals surface area contributed by atoms with Gasteiger partial charge in [-0.05, 0) is 31.9 Å². The highest BCUT2D eigenvalue weighted by atomic mass is 16.5. The second-order valence-corrected chi connectivity index (χ2v) is 4.66. The summed E-state index contributed by atoms with van der Waals surface area (Å²) in [5.74, 6) is -0.338. The van der Waals surface area contributed by atoms with Gasteiger partial charge < -0.3 is 15.2 Å². The molecule has 0 saturated heterocycles. The molecule has 92 valence electrons. The fraction of sp³-hybridized carbons (Fsp3) is 0.500. The Hall–Kier alpha value is -1.62. The summed E-state index contributed by atoms with van der Waals surface area (Å²) < 4.78 is 5.32. The van der Waals surface area contributed by atoms with E-state index in [9.17, 15) is 4.79 Å². The Balaban J connectivity index is 2.20. The van der Waals surface area contributed by atoms with Crippen molar-refractivity contribution in [2.75, 3.05) is 11.9 Å². The number of hydrogen-bond acceptors (Lipinski definition) is 4. The van der Waals surface area contributed by atoms with E-state index >= 15 is 0 Å². The fourth-order valence-electron chi connectivity index (χ4n) is 1.68. The van der Waals surface area contributed by atoms with Crippen LogP contribution in [0.4, 0.5) is 5.82 Å². The fourth-order valence-corrected chi connectivity index (χ4v) is 1.68. The Bertz CT molecular complexity index is 443. The van der Waals surface area contributed by atoms with Crippen molar-refractivity contribution in [1.29, 1.82) is 0 Å². The van der Waals surface area contributed by atoms with Crippen LogP contribution >= 0.6 is 0 Å². The lowest BCUT2D eigenvalue weighted by molar-refractivity contribution is -0.141. The molecule has 0 aromatic carbocycles. The summed E-state index contributed by atoms with van der Waals surface area (Å²) in [6.45, 7) is 4.43. The van der Waals surface area contributed by atoms with Gasteiger partial charge in [0.15, 0.2) is 0 Å². The summed E-state index contributed by atoms with van der Waals surface area (Å²) >= 11 is 0. The third kappa shape index (κ3) is 2.55. The summed E-state index contributed by atoms with van der Waals surface area (Å²) in [6.07, 6.45) is 0.866. The molecule has 0 radical (unpaired) electrons. The molecule has 2 rings (SSSR count). The lowest BCUT2D eigenvalue weighted by Crippen LogP contribution is -2.40. The standard InChI is InChI=1S/C12H16N2O3/c1-12(2,11(15)16)14-10-4-3-8-5-6-17-7-9(8)13-10/h3-4H,5-7H2,1-2H3,(H,13,14)(H,15,16). The molecule has 0 aliphatic carbocycles. The van der Waals surface area contributed by atoms with Crippen LogP contribution < -0.4 is 5.32 Å². The number of anilines is 1. The van der Waals surface area contributed by atoms with Crippen LogP contribution in [0.25, 0.3) is 0 Å². The number of aliphatic carboxylic acids is 1. The minimum Gasteiger partial charge on any atom is -0.480 e. The van der Waals surface area contributed by atoms with Gasteiger partial charge in [-0.25, -0.2) is 9.78 Å². The highest BCUT2D eigenvalue weighted by Crippen LogP contribution is 2.19. The van der Waals surface area contributed by atoms with Crippen LogP contribution in [0.1, 0.15) is 25.1 Å². The molecule has 0 spiro atoms. The van der Waals surface area contributed by atoms with Crippen molar-refractivity contribution in [1.82, 2.24) is 4.98 Å². The molecule has 0 bridgehead atoms. The average molecular weight is 236 g/mol. The lowest BCUT2D eigenvalue weighted by Gasteiger charge is -2.23. The molecule has 17 heavy (non-hydrogen) atoms. The van der Waals surface area contributed by atoms with E-state index in [0.29, 0.717) is 12.4 Å². The molecule has 0 unspecified atom stereocenters. The molecule has 0 saturated carbocycles. The van der Waals surface area contributed by atoms with Gasteiger partial charge in [-0.3, -0.25) is 0 Å². The Labute approximate surface area is 99.8 Å². The van der Waals surface area contributed by atoms with E-state index in [1.165, 1.54) is 5.56 Å². The smallest absolute Gasteiger partial charge is 0.328 e. The zero-order chi connectivity index (χ0) is 12.5. The highest BCUT2D eigenvalue weighted by Gasteiger charge is 2.27. The van der Waals surface area contributed by atoms with E-state index in [2.05, 4.69) is 10.3 Å². The van der Waals surface area contributed by atoms with Crippen molar-refractivity contribution in [2.24, 2.45) is 0 Å². The van der Waals surface area contributed by atoms with Crippen LogP contribution in [0.2, 0.25) is 0 Å². The molecule has 2 heterocycles. The summed E-state index contributed by atoms with van der Waals surface area (Å²) in [5, 5.41) is 11.9. The molecule has 1 aromatic rings. The highest BCUT2D eigenvalue weighted by molar-refractivity contribution is 5.81. The van der Waals surface area contributed by atoms with Crippen molar-refractivity contribution in [3.63, 3.8) is 0 Å². The van der Waals surface area contributed by atoms with Crippen LogP contribution in [0.5, 0.6) is 0 Å². The molecular weight excluding hydrogens is 220 g/mol. The van der Waals surface area contributed by atoms with Crippen molar-refractivity contribution in [2.45, 2.75) is 32.4 Å². The summed E-state index contributed by atoms with van der Waals surface area (Å²) in [4.78, 5) is 15.4. The number of aromatic nitrogens is 1. The normalized spacial score (nSPS) is 15.2. The molecule has 2 N–H and O–H groups in total. The van der Waals surface area contributed by atoms with Gasteiger partial charge in [0.05, 0.1) is 18.9 Å². The number of ether oxygens (including phenoxy) is 1. The first-order chi connectivity index (χ1) is 7.99. The minimum atomic E-state index is -1.03. The number of pyridine rings is 1. The Kier molecular flexibility index (Phi) is 3.02. The maximum absolute atomic E-state index is 11.0. The number of carboxylic acid groups (broad SMARTS) is 1. The molecule has 5 nitrogen and oxygen atoms in total. The number of carbonyl (C=O) groups is 1. The molecule has 1 aliphatic rings. The molecule has 0 fully saturated rings. The third-order valence-electron chi connectivity index (χ3n) is 2.80. The van der Waals surface area contributed by atoms with Crippen LogP contribution in [0.3, 0.4) is 0 Å². The Morgan fingerprint density at radius 1 is 1.53 bits per heavy atom. The zero-order valence-electron chi connectivity index (χ0n) is 9.99. The van der Waals surface area contributed by atoms with E-state index in [1.807, 2.05) is 12.1 Å². The van der Waals surface area contributed by atoms with E-state index in [1.54, 1.807) is 13.8 Å². The molecule has 0 amide bonds. The predicted octanol–water partition coefficient (Wildman–Crippen LogP) is 1.43. The van der Waals surface area contributed by atoms with Crippen LogP contribution in [0, 0.1) is 0 Å². The van der Waals surface area contributed by atoms with Gasteiger partial charge in [0, 0.05) is 0 Å². The molecule has 1 aromatic heterocycles. The zero-order valence-corrected chi connectivity index (χ0v) is 9.99. The van der Waals surface area contributed by atoms with Crippen molar-refractivity contribution in [3.05, 3.63) is 23.4 Å². The third-order valence-corrected chi connectivity index (χ3v) is 2.80. The topological polar surface area (TPSA) is 71.5 Å². The second-order valence-electron chi connectivity index (χ2n) is 4.66. The Morgan fingerprint density at radius 3 is 3.00 bits per heavy atom. The van der Waals surface area contributed by atoms with Crippen molar-refractivity contribution in [3.8, 4) is 0 Å². The van der Waals surface area contributed by atoms with E-state index in [0.717, 1.165) is 18.7 Å². The lowest BCUT2D eigenvalue weighted by atomic mass is 10.1. The largest absolute Gasteiger partial charge is 0.480 e. The first kappa shape index (κ1) is 11.9. The first-order valence-corrected chi connectivity index (χ1v) is 5.57. The van der Waals surface area contributed by atoms with Crippen molar-refractivity contribution < 1.29 is 14.6 Å². The maximum Gasteiger partial charge on any atom is 0.328 e. The molecular formula is C12H16N2O3. The van der Waals surface area contributed by atoms with Gasteiger partial charge in [-0.2, -0.15) is 0 Å². The quantitative estimate of drug-likeness (QED) is 0.830. The van der Waals surface area contributed by atoms with Gasteiger partial charge >= 0.3 is 5.97 Å². The van der Waals surface area contributed by atoms with E-state index in [4.69, 9.17) is 9.84 Å². The first-order valence-electron chi connectivity index (χ1n) is 5.57. The Morgan fingerprint density at radius 2 is 2.29 bits per heavy atom. The van der Waals surface area contributed by atoms with Gasteiger partial charge in [0.25, 0.3) is 0 Å². The summed E-state index contributed by atoms with van der Waals surface area (Å²) in [6, 6.07) is 3.79. The number of nitrogens with one attached hydrogen (secondary N) is 1. The summed E-state index contributed by atoms with van der Waals surface area (Å²) in [5.41, 5.74) is 1.04. The number of nitrogens with zero attached hydrogens (tertiary/aromatic N) is 1. The number of fused-ring (bicyclic) bond motifs is 1. The SMILES string of the molecule is CC(C)(Nc1ccc2c(n1)COCC2)C(=O)O. The van der Waals surface area contributed by atoms with Gasteiger partial charge in [-0.15, -0.1) is 0 Å². The van der Waals surface area contributed by atoms with Crippen molar-refractivity contribution >= 4 is 11.8 Å². The average Bonchev–Trinajstić information content (AvgIpc) is 2.28. The van der Waals surface area contributed by atoms with Gasteiger partial charge in [0.1, 0.15) is 11.4 Å². The van der Waals surface area contributed by atoms with E-state index in [-0.39, 0.29) is 0 Å². The van der Waals surface area contributed by atoms with Crippen LogP contribution in [-0.2, 0) is 22.6 Å². The maximum atomic E-state index is 11.0.